The number of benzene rings is 3. The predicted octanol–water partition coefficient (Wildman–Crippen LogP) is 5.26. The Kier molecular flexibility index (Phi) is 8.56. The van der Waals surface area contributed by atoms with Crippen LogP contribution in [0.1, 0.15) is 21.5 Å². The molecule has 1 heterocycles. The SMILES string of the molecule is CN(C)c1ccc(NC(=O)N(CCc2ccncc2)Cc2ccc(C(=O)Nc3ccccc3N)cc2)cc1. The molecule has 3 aromatic carbocycles. The van der Waals surface area contributed by atoms with Gasteiger partial charge in [0.2, 0.25) is 0 Å². The highest BCUT2D eigenvalue weighted by atomic mass is 16.2. The third kappa shape index (κ3) is 7.10. The second-order valence-electron chi connectivity index (χ2n) is 9.14. The highest BCUT2D eigenvalue weighted by molar-refractivity contribution is 6.05. The van der Waals surface area contributed by atoms with Crippen molar-refractivity contribution < 1.29 is 9.59 Å². The number of hydrogen-bond acceptors (Lipinski definition) is 5. The van der Waals surface area contributed by atoms with E-state index in [1.54, 1.807) is 41.6 Å². The van der Waals surface area contributed by atoms with E-state index in [9.17, 15) is 9.59 Å². The van der Waals surface area contributed by atoms with Crippen LogP contribution in [0.5, 0.6) is 0 Å². The monoisotopic (exact) mass is 508 g/mol. The molecule has 8 heteroatoms. The molecule has 8 nitrogen and oxygen atoms in total. The van der Waals surface area contributed by atoms with Crippen molar-refractivity contribution in [2.45, 2.75) is 13.0 Å². The van der Waals surface area contributed by atoms with Crippen LogP contribution in [0.15, 0.2) is 97.3 Å². The fraction of sp³-hybridized carbons (Fsp3) is 0.167. The Labute approximate surface area is 223 Å². The van der Waals surface area contributed by atoms with Crippen molar-refractivity contribution in [3.05, 3.63) is 114 Å². The molecule has 0 saturated carbocycles. The molecule has 0 aliphatic rings. The number of aromatic nitrogens is 1. The zero-order valence-corrected chi connectivity index (χ0v) is 21.6. The van der Waals surface area contributed by atoms with Crippen LogP contribution in [0.3, 0.4) is 0 Å². The summed E-state index contributed by atoms with van der Waals surface area (Å²) in [7, 11) is 3.95. The molecule has 0 atom stereocenters. The quantitative estimate of drug-likeness (QED) is 0.268. The van der Waals surface area contributed by atoms with E-state index < -0.39 is 0 Å². The van der Waals surface area contributed by atoms with E-state index in [-0.39, 0.29) is 11.9 Å². The highest BCUT2D eigenvalue weighted by Crippen LogP contribution is 2.19. The number of para-hydroxylation sites is 2. The van der Waals surface area contributed by atoms with Gasteiger partial charge in [0.1, 0.15) is 0 Å². The average molecular weight is 509 g/mol. The number of urea groups is 1. The van der Waals surface area contributed by atoms with Gasteiger partial charge in [0.05, 0.1) is 11.4 Å². The van der Waals surface area contributed by atoms with E-state index in [0.717, 1.165) is 22.5 Å². The summed E-state index contributed by atoms with van der Waals surface area (Å²) in [5.41, 5.74) is 11.3. The molecule has 0 unspecified atom stereocenters. The summed E-state index contributed by atoms with van der Waals surface area (Å²) in [6.45, 7) is 0.904. The van der Waals surface area contributed by atoms with Gasteiger partial charge in [-0.25, -0.2) is 4.79 Å². The van der Waals surface area contributed by atoms with Crippen molar-refractivity contribution in [1.29, 1.82) is 0 Å². The molecule has 3 amide bonds. The summed E-state index contributed by atoms with van der Waals surface area (Å²) < 4.78 is 0. The van der Waals surface area contributed by atoms with Crippen molar-refractivity contribution >= 4 is 34.7 Å². The molecule has 0 saturated heterocycles. The number of nitrogens with one attached hydrogen (secondary N) is 2. The predicted molar refractivity (Wildman–Crippen MR) is 153 cm³/mol. The minimum atomic E-state index is -0.247. The molecule has 0 radical (unpaired) electrons. The maximum Gasteiger partial charge on any atom is 0.322 e. The van der Waals surface area contributed by atoms with Gasteiger partial charge in [-0.3, -0.25) is 9.78 Å². The van der Waals surface area contributed by atoms with Crippen LogP contribution in [-0.4, -0.2) is 42.5 Å². The molecule has 4 rings (SSSR count). The zero-order valence-electron chi connectivity index (χ0n) is 21.6. The van der Waals surface area contributed by atoms with Crippen LogP contribution in [-0.2, 0) is 13.0 Å². The topological polar surface area (TPSA) is 104 Å². The largest absolute Gasteiger partial charge is 0.397 e. The van der Waals surface area contributed by atoms with Crippen LogP contribution in [0.4, 0.5) is 27.5 Å². The zero-order chi connectivity index (χ0) is 26.9. The van der Waals surface area contributed by atoms with Crippen LogP contribution < -0.4 is 21.3 Å². The van der Waals surface area contributed by atoms with Crippen LogP contribution >= 0.6 is 0 Å². The molecule has 0 bridgehead atoms. The molecular formula is C30H32N6O2. The number of carbonyl (C=O) groups excluding carboxylic acids is 2. The van der Waals surface area contributed by atoms with Gasteiger partial charge in [-0.15, -0.1) is 0 Å². The Bertz CT molecular complexity index is 1360. The lowest BCUT2D eigenvalue weighted by Crippen LogP contribution is -2.36. The third-order valence-electron chi connectivity index (χ3n) is 6.14. The summed E-state index contributed by atoms with van der Waals surface area (Å²) >= 11 is 0. The number of anilines is 4. The Hall–Kier alpha value is -4.85. The lowest BCUT2D eigenvalue weighted by Gasteiger charge is -2.24. The first kappa shape index (κ1) is 26.2. The lowest BCUT2D eigenvalue weighted by molar-refractivity contribution is 0.102. The van der Waals surface area contributed by atoms with Gasteiger partial charge >= 0.3 is 6.03 Å². The summed E-state index contributed by atoms with van der Waals surface area (Å²) in [6, 6.07) is 25.8. The summed E-state index contributed by atoms with van der Waals surface area (Å²) in [5, 5.41) is 5.84. The van der Waals surface area contributed by atoms with Crippen LogP contribution in [0.25, 0.3) is 0 Å². The standard InChI is InChI=1S/C30H32N6O2/c1-35(2)26-13-11-25(12-14-26)33-30(38)36(20-17-22-15-18-32-19-16-22)21-23-7-9-24(10-8-23)29(37)34-28-6-4-3-5-27(28)31/h3-16,18-19H,17,20-21,31H2,1-2H3,(H,33,38)(H,34,37). The van der Waals surface area contributed by atoms with Gasteiger partial charge in [0, 0.05) is 56.5 Å². The number of pyridine rings is 1. The average Bonchev–Trinajstić information content (AvgIpc) is 2.93. The van der Waals surface area contributed by atoms with Crippen molar-refractivity contribution in [1.82, 2.24) is 9.88 Å². The number of amides is 3. The fourth-order valence-electron chi connectivity index (χ4n) is 3.90. The summed E-state index contributed by atoms with van der Waals surface area (Å²) in [4.78, 5) is 33.8. The van der Waals surface area contributed by atoms with Crippen LogP contribution in [0, 0.1) is 0 Å². The highest BCUT2D eigenvalue weighted by Gasteiger charge is 2.16. The van der Waals surface area contributed by atoms with Gasteiger partial charge < -0.3 is 26.2 Å². The first-order valence-electron chi connectivity index (χ1n) is 12.4. The van der Waals surface area contributed by atoms with E-state index in [2.05, 4.69) is 15.6 Å². The normalized spacial score (nSPS) is 10.5. The fourth-order valence-corrected chi connectivity index (χ4v) is 3.90. The number of hydrogen-bond donors (Lipinski definition) is 3. The first-order chi connectivity index (χ1) is 18.4. The van der Waals surface area contributed by atoms with Gasteiger partial charge in [-0.1, -0.05) is 24.3 Å². The van der Waals surface area contributed by atoms with E-state index in [1.165, 1.54) is 0 Å². The summed E-state index contributed by atoms with van der Waals surface area (Å²) in [5.74, 6) is -0.247. The molecule has 1 aromatic heterocycles. The van der Waals surface area contributed by atoms with E-state index in [4.69, 9.17) is 5.73 Å². The second-order valence-corrected chi connectivity index (χ2v) is 9.14. The molecule has 0 aliphatic heterocycles. The Morgan fingerprint density at radius 2 is 1.50 bits per heavy atom. The minimum absolute atomic E-state index is 0.196. The van der Waals surface area contributed by atoms with Crippen LogP contribution in [0.2, 0.25) is 0 Å². The maximum atomic E-state index is 13.3. The molecule has 0 spiro atoms. The number of nitrogens with two attached hydrogens (primary N) is 1. The molecule has 38 heavy (non-hydrogen) atoms. The Morgan fingerprint density at radius 1 is 0.816 bits per heavy atom. The van der Waals surface area contributed by atoms with Crippen molar-refractivity contribution in [3.8, 4) is 0 Å². The lowest BCUT2D eigenvalue weighted by atomic mass is 10.1. The molecule has 0 aliphatic carbocycles. The first-order valence-corrected chi connectivity index (χ1v) is 12.4. The van der Waals surface area contributed by atoms with Gasteiger partial charge in [0.25, 0.3) is 5.91 Å². The number of nitrogen functional groups attached to an aromatic ring is 1. The molecule has 194 valence electrons. The molecule has 0 fully saturated rings. The third-order valence-corrected chi connectivity index (χ3v) is 6.14. The number of rotatable bonds is 9. The maximum absolute atomic E-state index is 13.3. The Balaban J connectivity index is 1.45. The van der Waals surface area contributed by atoms with E-state index in [1.807, 2.05) is 79.7 Å². The molecular weight excluding hydrogens is 476 g/mol. The number of nitrogens with zero attached hydrogens (tertiary/aromatic N) is 3. The van der Waals surface area contributed by atoms with E-state index >= 15 is 0 Å². The molecule has 4 N–H and O–H groups in total. The minimum Gasteiger partial charge on any atom is -0.397 e. The van der Waals surface area contributed by atoms with Crippen molar-refractivity contribution in [2.75, 3.05) is 41.9 Å². The van der Waals surface area contributed by atoms with Gasteiger partial charge in [-0.05, 0) is 78.2 Å². The van der Waals surface area contributed by atoms with Gasteiger partial charge in [-0.2, -0.15) is 0 Å². The smallest absolute Gasteiger partial charge is 0.322 e. The second kappa shape index (κ2) is 12.4. The van der Waals surface area contributed by atoms with E-state index in [0.29, 0.717) is 36.4 Å². The number of carbonyl (C=O) groups is 2. The van der Waals surface area contributed by atoms with Crippen molar-refractivity contribution in [3.63, 3.8) is 0 Å². The van der Waals surface area contributed by atoms with Gasteiger partial charge in [0.15, 0.2) is 0 Å². The Morgan fingerprint density at radius 3 is 2.16 bits per heavy atom. The summed E-state index contributed by atoms with van der Waals surface area (Å²) in [6.07, 6.45) is 4.19. The van der Waals surface area contributed by atoms with Crippen molar-refractivity contribution in [2.24, 2.45) is 0 Å². The molecule has 4 aromatic rings.